The molecule has 110 valence electrons. The summed E-state index contributed by atoms with van der Waals surface area (Å²) in [5.74, 6) is 0.00186. The number of piperazine rings is 1. The lowest BCUT2D eigenvalue weighted by atomic mass is 10.1. The molecule has 7 heteroatoms. The van der Waals surface area contributed by atoms with Crippen LogP contribution in [0.4, 0.5) is 13.2 Å². The van der Waals surface area contributed by atoms with Crippen molar-refractivity contribution in [1.82, 2.24) is 14.8 Å². The number of alkyl halides is 3. The molecule has 1 aromatic heterocycles. The Bertz CT molecular complexity index is 482. The quantitative estimate of drug-likeness (QED) is 0.831. The predicted molar refractivity (Wildman–Crippen MR) is 66.8 cm³/mol. The van der Waals surface area contributed by atoms with Crippen molar-refractivity contribution in [1.29, 1.82) is 0 Å². The van der Waals surface area contributed by atoms with Gasteiger partial charge in [0.15, 0.2) is 0 Å². The van der Waals surface area contributed by atoms with E-state index in [1.165, 1.54) is 19.1 Å². The Kier molecular flexibility index (Phi) is 4.27. The topological polar surface area (TPSA) is 36.4 Å². The summed E-state index contributed by atoms with van der Waals surface area (Å²) in [5.41, 5.74) is -0.648. The zero-order valence-electron chi connectivity index (χ0n) is 11.2. The van der Waals surface area contributed by atoms with Crippen LogP contribution in [-0.2, 0) is 17.5 Å². The van der Waals surface area contributed by atoms with E-state index in [4.69, 9.17) is 0 Å². The molecule has 20 heavy (non-hydrogen) atoms. The summed E-state index contributed by atoms with van der Waals surface area (Å²) in [5, 5.41) is 0. The van der Waals surface area contributed by atoms with Crippen molar-refractivity contribution < 1.29 is 18.0 Å². The minimum absolute atomic E-state index is 0.00186. The van der Waals surface area contributed by atoms with Crippen LogP contribution in [0, 0.1) is 0 Å². The van der Waals surface area contributed by atoms with Crippen molar-refractivity contribution in [3.05, 3.63) is 29.6 Å². The molecule has 0 saturated carbocycles. The monoisotopic (exact) mass is 287 g/mol. The van der Waals surface area contributed by atoms with Gasteiger partial charge in [-0.05, 0) is 11.6 Å². The third-order valence-electron chi connectivity index (χ3n) is 3.37. The number of carbonyl (C=O) groups is 1. The molecule has 0 unspecified atom stereocenters. The molecule has 1 aliphatic rings. The Morgan fingerprint density at radius 2 is 1.95 bits per heavy atom. The number of aromatic nitrogens is 1. The average Bonchev–Trinajstić information content (AvgIpc) is 2.38. The van der Waals surface area contributed by atoms with Gasteiger partial charge in [-0.2, -0.15) is 13.2 Å². The van der Waals surface area contributed by atoms with E-state index < -0.39 is 11.9 Å². The van der Waals surface area contributed by atoms with Crippen LogP contribution < -0.4 is 0 Å². The molecule has 0 radical (unpaired) electrons. The molecule has 1 aromatic rings. The van der Waals surface area contributed by atoms with Crippen LogP contribution in [0.5, 0.6) is 0 Å². The summed E-state index contributed by atoms with van der Waals surface area (Å²) >= 11 is 0. The first-order valence-electron chi connectivity index (χ1n) is 6.37. The molecule has 0 atom stereocenters. The SMILES string of the molecule is CC(=O)N1CCN(Cc2cccnc2C(F)(F)F)CC1. The number of rotatable bonds is 2. The Labute approximate surface area is 115 Å². The summed E-state index contributed by atoms with van der Waals surface area (Å²) in [6.07, 6.45) is -3.28. The zero-order valence-corrected chi connectivity index (χ0v) is 11.2. The molecule has 0 N–H and O–H groups in total. The summed E-state index contributed by atoms with van der Waals surface area (Å²) in [6, 6.07) is 2.96. The fourth-order valence-corrected chi connectivity index (χ4v) is 2.28. The Balaban J connectivity index is 2.03. The molecular weight excluding hydrogens is 271 g/mol. The molecule has 2 rings (SSSR count). The van der Waals surface area contributed by atoms with E-state index >= 15 is 0 Å². The van der Waals surface area contributed by atoms with Crippen LogP contribution in [0.3, 0.4) is 0 Å². The van der Waals surface area contributed by atoms with Gasteiger partial charge in [0.1, 0.15) is 5.69 Å². The van der Waals surface area contributed by atoms with E-state index in [0.29, 0.717) is 26.2 Å². The highest BCUT2D eigenvalue weighted by Crippen LogP contribution is 2.30. The van der Waals surface area contributed by atoms with Gasteiger partial charge < -0.3 is 4.90 Å². The second-order valence-electron chi connectivity index (χ2n) is 4.79. The first kappa shape index (κ1) is 14.8. The van der Waals surface area contributed by atoms with Crippen LogP contribution >= 0.6 is 0 Å². The van der Waals surface area contributed by atoms with E-state index in [2.05, 4.69) is 4.98 Å². The summed E-state index contributed by atoms with van der Waals surface area (Å²) in [6.45, 7) is 3.96. The molecule has 1 aliphatic heterocycles. The summed E-state index contributed by atoms with van der Waals surface area (Å²) in [7, 11) is 0. The van der Waals surface area contributed by atoms with Crippen molar-refractivity contribution in [2.24, 2.45) is 0 Å². The molecule has 0 bridgehead atoms. The van der Waals surface area contributed by atoms with Gasteiger partial charge in [-0.15, -0.1) is 0 Å². The number of nitrogens with zero attached hydrogens (tertiary/aromatic N) is 3. The van der Waals surface area contributed by atoms with Crippen LogP contribution in [0.2, 0.25) is 0 Å². The molecular formula is C13H16F3N3O. The summed E-state index contributed by atoms with van der Waals surface area (Å²) in [4.78, 5) is 18.2. The smallest absolute Gasteiger partial charge is 0.340 e. The van der Waals surface area contributed by atoms with E-state index in [0.717, 1.165) is 6.20 Å². The van der Waals surface area contributed by atoms with Gasteiger partial charge in [0.2, 0.25) is 5.91 Å². The van der Waals surface area contributed by atoms with E-state index in [-0.39, 0.29) is 18.0 Å². The van der Waals surface area contributed by atoms with Gasteiger partial charge in [0.05, 0.1) is 0 Å². The third-order valence-corrected chi connectivity index (χ3v) is 3.37. The van der Waals surface area contributed by atoms with E-state index in [1.54, 1.807) is 4.90 Å². The molecule has 4 nitrogen and oxygen atoms in total. The standard InChI is InChI=1S/C13H16F3N3O/c1-10(20)19-7-5-18(6-8-19)9-11-3-2-4-17-12(11)13(14,15)16/h2-4H,5-9H2,1H3. The largest absolute Gasteiger partial charge is 0.433 e. The minimum atomic E-state index is -4.43. The first-order valence-corrected chi connectivity index (χ1v) is 6.37. The molecule has 0 aromatic carbocycles. The lowest BCUT2D eigenvalue weighted by molar-refractivity contribution is -0.142. The van der Waals surface area contributed by atoms with Crippen LogP contribution in [0.1, 0.15) is 18.2 Å². The van der Waals surface area contributed by atoms with Gasteiger partial charge in [0, 0.05) is 45.8 Å². The molecule has 1 saturated heterocycles. The van der Waals surface area contributed by atoms with Crippen LogP contribution in [0.15, 0.2) is 18.3 Å². The van der Waals surface area contributed by atoms with Crippen LogP contribution in [0.25, 0.3) is 0 Å². The predicted octanol–water partition coefficient (Wildman–Crippen LogP) is 1.76. The number of pyridine rings is 1. The van der Waals surface area contributed by atoms with E-state index in [1.807, 2.05) is 4.90 Å². The van der Waals surface area contributed by atoms with E-state index in [9.17, 15) is 18.0 Å². The fourth-order valence-electron chi connectivity index (χ4n) is 2.28. The number of amides is 1. The Hall–Kier alpha value is -1.63. The number of halogens is 3. The zero-order chi connectivity index (χ0) is 14.8. The van der Waals surface area contributed by atoms with Crippen molar-refractivity contribution in [2.75, 3.05) is 26.2 Å². The second kappa shape index (κ2) is 5.78. The number of hydrogen-bond donors (Lipinski definition) is 0. The maximum absolute atomic E-state index is 12.8. The molecule has 1 amide bonds. The maximum atomic E-state index is 12.8. The summed E-state index contributed by atoms with van der Waals surface area (Å²) < 4.78 is 38.5. The van der Waals surface area contributed by atoms with Crippen molar-refractivity contribution in [2.45, 2.75) is 19.6 Å². The Morgan fingerprint density at radius 1 is 1.30 bits per heavy atom. The van der Waals surface area contributed by atoms with Gasteiger partial charge >= 0.3 is 6.18 Å². The molecule has 2 heterocycles. The van der Waals surface area contributed by atoms with Crippen LogP contribution in [-0.4, -0.2) is 46.9 Å². The lowest BCUT2D eigenvalue weighted by Gasteiger charge is -2.34. The number of carbonyl (C=O) groups excluding carboxylic acids is 1. The van der Waals surface area contributed by atoms with Gasteiger partial charge in [-0.25, -0.2) is 0 Å². The molecule has 0 aliphatic carbocycles. The number of hydrogen-bond acceptors (Lipinski definition) is 3. The fraction of sp³-hybridized carbons (Fsp3) is 0.538. The van der Waals surface area contributed by atoms with Crippen molar-refractivity contribution in [3.63, 3.8) is 0 Å². The highest BCUT2D eigenvalue weighted by molar-refractivity contribution is 5.73. The highest BCUT2D eigenvalue weighted by Gasteiger charge is 2.35. The van der Waals surface area contributed by atoms with Crippen molar-refractivity contribution >= 4 is 5.91 Å². The van der Waals surface area contributed by atoms with Crippen molar-refractivity contribution in [3.8, 4) is 0 Å². The molecule has 1 fully saturated rings. The third kappa shape index (κ3) is 3.47. The average molecular weight is 287 g/mol. The lowest BCUT2D eigenvalue weighted by Crippen LogP contribution is -2.47. The molecule has 0 spiro atoms. The second-order valence-corrected chi connectivity index (χ2v) is 4.79. The highest BCUT2D eigenvalue weighted by atomic mass is 19.4. The minimum Gasteiger partial charge on any atom is -0.340 e. The maximum Gasteiger partial charge on any atom is 0.433 e. The normalized spacial score (nSPS) is 17.3. The van der Waals surface area contributed by atoms with Gasteiger partial charge in [-0.3, -0.25) is 14.7 Å². The first-order chi connectivity index (χ1) is 9.38. The Morgan fingerprint density at radius 3 is 2.50 bits per heavy atom. The van der Waals surface area contributed by atoms with Gasteiger partial charge in [0.25, 0.3) is 0 Å². The van der Waals surface area contributed by atoms with Gasteiger partial charge in [-0.1, -0.05) is 6.07 Å².